The quantitative estimate of drug-likeness (QED) is 0.668. The molecule has 2 N–H and O–H groups in total. The molecule has 0 saturated heterocycles. The number of nitrogens with one attached hydrogen (secondary N) is 1. The molecule has 154 valence electrons. The molecule has 0 bridgehead atoms. The minimum Gasteiger partial charge on any atom is -0.497 e. The minimum absolute atomic E-state index is 0.0644. The summed E-state index contributed by atoms with van der Waals surface area (Å²) in [5, 5.41) is 12.4. The van der Waals surface area contributed by atoms with Gasteiger partial charge in [0.05, 0.1) is 25.6 Å². The molecule has 0 spiro atoms. The fourth-order valence-corrected chi connectivity index (χ4v) is 3.84. The largest absolute Gasteiger partial charge is 0.497 e. The van der Waals surface area contributed by atoms with Crippen molar-refractivity contribution in [1.29, 1.82) is 0 Å². The Hall–Kier alpha value is -3.81. The second-order valence-corrected chi connectivity index (χ2v) is 6.87. The van der Waals surface area contributed by atoms with Crippen molar-refractivity contribution in [2.24, 2.45) is 0 Å². The maximum Gasteiger partial charge on any atom is 0.339 e. The van der Waals surface area contributed by atoms with Crippen molar-refractivity contribution in [3.63, 3.8) is 0 Å². The van der Waals surface area contributed by atoms with Crippen molar-refractivity contribution in [2.75, 3.05) is 19.5 Å². The molecule has 1 aliphatic heterocycles. The van der Waals surface area contributed by atoms with Crippen molar-refractivity contribution in [3.05, 3.63) is 71.3 Å². The van der Waals surface area contributed by atoms with Crippen molar-refractivity contribution in [3.8, 4) is 17.2 Å². The normalized spacial score (nSPS) is 15.3. The molecule has 0 saturated carbocycles. The Labute approximate surface area is 171 Å². The predicted octanol–water partition coefficient (Wildman–Crippen LogP) is 3.81. The lowest BCUT2D eigenvalue weighted by molar-refractivity contribution is -0.116. The number of hydrogen-bond donors (Lipinski definition) is 2. The van der Waals surface area contributed by atoms with Gasteiger partial charge in [-0.3, -0.25) is 4.79 Å². The number of aromatic carboxylic acids is 1. The molecule has 0 aliphatic carbocycles. The van der Waals surface area contributed by atoms with Crippen LogP contribution in [-0.4, -0.2) is 35.8 Å². The number of halogens is 1. The SMILES string of the molecule is COc1ccc(OC)c(C2CC(=O)Nc3c(C(=O)O)cn(-c4cccc(F)c4)c32)c1. The Morgan fingerprint density at radius 1 is 1.20 bits per heavy atom. The number of nitrogens with zero attached hydrogens (tertiary/aromatic N) is 1. The number of fused-ring (bicyclic) bond motifs is 1. The second-order valence-electron chi connectivity index (χ2n) is 6.87. The van der Waals surface area contributed by atoms with Crippen LogP contribution < -0.4 is 14.8 Å². The Bertz CT molecular complexity index is 1150. The van der Waals surface area contributed by atoms with E-state index in [-0.39, 0.29) is 23.6 Å². The van der Waals surface area contributed by atoms with E-state index in [0.717, 1.165) is 0 Å². The lowest BCUT2D eigenvalue weighted by atomic mass is 9.87. The summed E-state index contributed by atoms with van der Waals surface area (Å²) in [6, 6.07) is 11.1. The summed E-state index contributed by atoms with van der Waals surface area (Å²) >= 11 is 0. The molecule has 1 atom stereocenters. The number of anilines is 1. The van der Waals surface area contributed by atoms with Gasteiger partial charge in [-0.1, -0.05) is 6.07 Å². The molecule has 4 rings (SSSR count). The maximum absolute atomic E-state index is 13.9. The summed E-state index contributed by atoms with van der Waals surface area (Å²) < 4.78 is 26.3. The van der Waals surface area contributed by atoms with Gasteiger partial charge in [0.2, 0.25) is 5.91 Å². The first kappa shape index (κ1) is 19.5. The highest BCUT2D eigenvalue weighted by atomic mass is 19.1. The molecule has 0 fully saturated rings. The average molecular weight is 410 g/mol. The molecule has 2 aromatic carbocycles. The van der Waals surface area contributed by atoms with E-state index in [1.807, 2.05) is 0 Å². The van der Waals surface area contributed by atoms with Gasteiger partial charge < -0.3 is 24.5 Å². The van der Waals surface area contributed by atoms with Gasteiger partial charge in [-0.2, -0.15) is 0 Å². The zero-order chi connectivity index (χ0) is 21.4. The molecule has 1 amide bonds. The van der Waals surface area contributed by atoms with E-state index in [2.05, 4.69) is 5.32 Å². The summed E-state index contributed by atoms with van der Waals surface area (Å²) in [5.74, 6) is -1.40. The fraction of sp³-hybridized carbons (Fsp3) is 0.182. The minimum atomic E-state index is -1.19. The van der Waals surface area contributed by atoms with E-state index in [1.165, 1.54) is 32.5 Å². The predicted molar refractivity (Wildman–Crippen MR) is 107 cm³/mol. The Kier molecular flexibility index (Phi) is 4.91. The second kappa shape index (κ2) is 7.55. The summed E-state index contributed by atoms with van der Waals surface area (Å²) in [4.78, 5) is 24.4. The van der Waals surface area contributed by atoms with E-state index in [0.29, 0.717) is 28.4 Å². The number of hydrogen-bond acceptors (Lipinski definition) is 4. The summed E-state index contributed by atoms with van der Waals surface area (Å²) in [5.41, 5.74) is 1.76. The van der Waals surface area contributed by atoms with Crippen LogP contribution in [0.2, 0.25) is 0 Å². The number of carbonyl (C=O) groups is 2. The molecule has 1 aromatic heterocycles. The maximum atomic E-state index is 13.9. The Morgan fingerprint density at radius 3 is 2.67 bits per heavy atom. The summed E-state index contributed by atoms with van der Waals surface area (Å²) in [6.07, 6.45) is 1.46. The van der Waals surface area contributed by atoms with Crippen molar-refractivity contribution in [2.45, 2.75) is 12.3 Å². The third kappa shape index (κ3) is 3.26. The van der Waals surface area contributed by atoms with Crippen LogP contribution in [0.4, 0.5) is 10.1 Å². The number of benzene rings is 2. The number of methoxy groups -OCH3 is 2. The van der Waals surface area contributed by atoms with Crippen LogP contribution in [-0.2, 0) is 4.79 Å². The van der Waals surface area contributed by atoms with Crippen LogP contribution in [0.15, 0.2) is 48.7 Å². The molecule has 1 aliphatic rings. The monoisotopic (exact) mass is 410 g/mol. The number of carboxylic acids is 1. The number of carboxylic acid groups (broad SMARTS) is 1. The number of amides is 1. The van der Waals surface area contributed by atoms with E-state index >= 15 is 0 Å². The van der Waals surface area contributed by atoms with Gasteiger partial charge in [-0.05, 0) is 36.4 Å². The van der Waals surface area contributed by atoms with Gasteiger partial charge >= 0.3 is 5.97 Å². The van der Waals surface area contributed by atoms with E-state index < -0.39 is 17.7 Å². The summed E-state index contributed by atoms with van der Waals surface area (Å²) in [7, 11) is 3.05. The lowest BCUT2D eigenvalue weighted by Gasteiger charge is -2.27. The van der Waals surface area contributed by atoms with E-state index in [9.17, 15) is 19.1 Å². The first-order chi connectivity index (χ1) is 14.4. The van der Waals surface area contributed by atoms with Crippen LogP contribution in [0.25, 0.3) is 5.69 Å². The van der Waals surface area contributed by atoms with Crippen LogP contribution in [0.1, 0.15) is 34.0 Å². The molecule has 0 radical (unpaired) electrons. The third-order valence-corrected chi connectivity index (χ3v) is 5.16. The standard InChI is InChI=1S/C22H19FN2O5/c1-29-14-6-7-18(30-2)15(9-14)16-10-19(26)24-20-17(22(27)28)11-25(21(16)20)13-5-3-4-12(23)8-13/h3-9,11,16H,10H2,1-2H3,(H,24,26)(H,27,28). The molecule has 1 unspecified atom stereocenters. The Balaban J connectivity index is 2.01. The molecular weight excluding hydrogens is 391 g/mol. The molecule has 8 heteroatoms. The van der Waals surface area contributed by atoms with Crippen molar-refractivity contribution >= 4 is 17.6 Å². The molecule has 3 aromatic rings. The van der Waals surface area contributed by atoms with Gasteiger partial charge in [0.15, 0.2) is 0 Å². The van der Waals surface area contributed by atoms with Gasteiger partial charge in [0.1, 0.15) is 22.9 Å². The first-order valence-electron chi connectivity index (χ1n) is 9.19. The Morgan fingerprint density at radius 2 is 2.00 bits per heavy atom. The van der Waals surface area contributed by atoms with Crippen LogP contribution >= 0.6 is 0 Å². The third-order valence-electron chi connectivity index (χ3n) is 5.16. The highest BCUT2D eigenvalue weighted by Crippen LogP contribution is 2.45. The molecule has 30 heavy (non-hydrogen) atoms. The zero-order valence-corrected chi connectivity index (χ0v) is 16.3. The van der Waals surface area contributed by atoms with Crippen molar-refractivity contribution < 1.29 is 28.6 Å². The smallest absolute Gasteiger partial charge is 0.339 e. The average Bonchev–Trinajstić information content (AvgIpc) is 3.12. The topological polar surface area (TPSA) is 89.8 Å². The summed E-state index contributed by atoms with van der Waals surface area (Å²) in [6.45, 7) is 0. The number of rotatable bonds is 5. The van der Waals surface area contributed by atoms with Gasteiger partial charge in [0.25, 0.3) is 0 Å². The van der Waals surface area contributed by atoms with Gasteiger partial charge in [-0.15, -0.1) is 0 Å². The van der Waals surface area contributed by atoms with Crippen LogP contribution in [0.3, 0.4) is 0 Å². The molecule has 2 heterocycles. The fourth-order valence-electron chi connectivity index (χ4n) is 3.84. The molecular formula is C22H19FN2O5. The number of carbonyl (C=O) groups excluding carboxylic acids is 1. The van der Waals surface area contributed by atoms with Crippen LogP contribution in [0.5, 0.6) is 11.5 Å². The van der Waals surface area contributed by atoms with Gasteiger partial charge in [-0.25, -0.2) is 9.18 Å². The highest BCUT2D eigenvalue weighted by Gasteiger charge is 2.36. The van der Waals surface area contributed by atoms with Crippen LogP contribution in [0, 0.1) is 5.82 Å². The van der Waals surface area contributed by atoms with Gasteiger partial charge in [0, 0.05) is 29.8 Å². The van der Waals surface area contributed by atoms with E-state index in [1.54, 1.807) is 34.9 Å². The lowest BCUT2D eigenvalue weighted by Crippen LogP contribution is -2.25. The van der Waals surface area contributed by atoms with E-state index in [4.69, 9.17) is 9.47 Å². The number of aromatic nitrogens is 1. The highest BCUT2D eigenvalue weighted by molar-refractivity contribution is 6.04. The molecule has 7 nitrogen and oxygen atoms in total. The first-order valence-corrected chi connectivity index (χ1v) is 9.19. The number of ether oxygens (including phenoxy) is 2. The van der Waals surface area contributed by atoms with Crippen molar-refractivity contribution in [1.82, 2.24) is 4.57 Å². The zero-order valence-electron chi connectivity index (χ0n) is 16.3.